The van der Waals surface area contributed by atoms with E-state index >= 15 is 0 Å². The van der Waals surface area contributed by atoms with Crippen LogP contribution in [0.25, 0.3) is 0 Å². The summed E-state index contributed by atoms with van der Waals surface area (Å²) in [5, 5.41) is 0. The monoisotopic (exact) mass is 208 g/mol. The Labute approximate surface area is 114 Å². The molecule has 0 saturated carbocycles. The summed E-state index contributed by atoms with van der Waals surface area (Å²) in [6.45, 7) is -2.00. The zero-order valence-electron chi connectivity index (χ0n) is 7.56. The van der Waals surface area contributed by atoms with E-state index in [9.17, 15) is 12.9 Å². The molecule has 0 fully saturated rings. The van der Waals surface area contributed by atoms with Crippen molar-refractivity contribution in [3.05, 3.63) is 0 Å². The predicted octanol–water partition coefficient (Wildman–Crippen LogP) is -2.34. The molecule has 68 valence electrons. The summed E-state index contributed by atoms with van der Waals surface area (Å²) in [6.07, 6.45) is -0.798. The first-order valence-corrected chi connectivity index (χ1v) is 3.63. The van der Waals surface area contributed by atoms with Crippen LogP contribution in [0.2, 0.25) is 0 Å². The van der Waals surface area contributed by atoms with Crippen LogP contribution in [-0.2, 0) is 0 Å². The van der Waals surface area contributed by atoms with E-state index in [0.29, 0.717) is 13.1 Å². The van der Waals surface area contributed by atoms with Gasteiger partial charge in [-0.2, -0.15) is 0 Å². The van der Waals surface area contributed by atoms with Crippen LogP contribution in [0.4, 0.5) is 12.9 Å². The second-order valence-corrected chi connectivity index (χ2v) is 2.39. The van der Waals surface area contributed by atoms with Crippen LogP contribution in [0.1, 0.15) is 6.92 Å². The fraction of sp³-hybridized carbons (Fsp3) is 1.00. The van der Waals surface area contributed by atoms with Gasteiger partial charge in [-0.25, -0.2) is 0 Å². The van der Waals surface area contributed by atoms with Gasteiger partial charge in [0.1, 0.15) is 0 Å². The van der Waals surface area contributed by atoms with Crippen LogP contribution in [0.3, 0.4) is 0 Å². The molecule has 0 aromatic rings. The molecule has 0 radical (unpaired) electrons. The average molecular weight is 208 g/mol. The molecular formula is C5H13BF3KN2. The fourth-order valence-electron chi connectivity index (χ4n) is 0.854. The quantitative estimate of drug-likeness (QED) is 0.513. The molecule has 0 aliphatic rings. The number of likely N-dealkylation sites (N-methyl/N-ethyl adjacent to an activating group) is 1. The van der Waals surface area contributed by atoms with Crippen LogP contribution >= 0.6 is 0 Å². The van der Waals surface area contributed by atoms with Crippen LogP contribution in [0, 0.1) is 0 Å². The van der Waals surface area contributed by atoms with Crippen molar-refractivity contribution < 1.29 is 64.3 Å². The maximum absolute atomic E-state index is 11.8. The van der Waals surface area contributed by atoms with Crippen molar-refractivity contribution in [3.8, 4) is 0 Å². The number of halogens is 3. The minimum absolute atomic E-state index is 0. The summed E-state index contributed by atoms with van der Waals surface area (Å²) in [7, 11) is 0. The van der Waals surface area contributed by atoms with Gasteiger partial charge in [0.15, 0.2) is 0 Å². The van der Waals surface area contributed by atoms with Crippen molar-refractivity contribution in [1.29, 1.82) is 0 Å². The van der Waals surface area contributed by atoms with E-state index in [2.05, 4.69) is 0 Å². The molecule has 0 aliphatic heterocycles. The van der Waals surface area contributed by atoms with Gasteiger partial charge in [-0.3, -0.25) is 0 Å². The minimum atomic E-state index is -4.69. The Balaban J connectivity index is 0. The first-order valence-electron chi connectivity index (χ1n) is 3.63. The molecule has 12 heavy (non-hydrogen) atoms. The average Bonchev–Trinajstić information content (AvgIpc) is 1.84. The van der Waals surface area contributed by atoms with Crippen molar-refractivity contribution in [2.24, 2.45) is 5.73 Å². The second-order valence-electron chi connectivity index (χ2n) is 2.39. The standard InChI is InChI=1S/C5H13BF3N2.K/c1-2-11(4-3-10)5-6(7,8)9;/h2-5,10H2,1H3;/q-1;+1. The van der Waals surface area contributed by atoms with Gasteiger partial charge in [-0.15, -0.1) is 0 Å². The number of rotatable bonds is 5. The van der Waals surface area contributed by atoms with Crippen LogP contribution < -0.4 is 57.1 Å². The van der Waals surface area contributed by atoms with Gasteiger partial charge in [-0.05, 0) is 13.0 Å². The Kier molecular flexibility index (Phi) is 10.3. The van der Waals surface area contributed by atoms with Gasteiger partial charge in [0.05, 0.1) is 0 Å². The van der Waals surface area contributed by atoms with E-state index in [-0.39, 0.29) is 57.9 Å². The molecule has 0 aliphatic carbocycles. The summed E-state index contributed by atoms with van der Waals surface area (Å²) in [6, 6.07) is 0. The molecule has 0 unspecified atom stereocenters. The molecule has 0 atom stereocenters. The Morgan fingerprint density at radius 3 is 2.08 bits per heavy atom. The van der Waals surface area contributed by atoms with E-state index in [0.717, 1.165) is 0 Å². The molecule has 0 rings (SSSR count). The van der Waals surface area contributed by atoms with Crippen molar-refractivity contribution >= 4 is 6.98 Å². The third-order valence-electron chi connectivity index (χ3n) is 1.36. The molecule has 0 amide bonds. The zero-order chi connectivity index (χ0) is 8.91. The molecular weight excluding hydrogens is 195 g/mol. The van der Waals surface area contributed by atoms with Gasteiger partial charge in [0.2, 0.25) is 0 Å². The fourth-order valence-corrected chi connectivity index (χ4v) is 0.854. The number of nitrogens with two attached hydrogens (primary N) is 1. The first-order chi connectivity index (χ1) is 4.99. The predicted molar refractivity (Wildman–Crippen MR) is 40.2 cm³/mol. The van der Waals surface area contributed by atoms with E-state index in [1.54, 1.807) is 6.92 Å². The summed E-state index contributed by atoms with van der Waals surface area (Å²) in [4.78, 5) is 1.29. The first kappa shape index (κ1) is 15.9. The van der Waals surface area contributed by atoms with E-state index < -0.39 is 13.4 Å². The molecule has 0 saturated heterocycles. The van der Waals surface area contributed by atoms with Crippen molar-refractivity contribution in [3.63, 3.8) is 0 Å². The maximum atomic E-state index is 11.8. The number of hydrogen-bond acceptors (Lipinski definition) is 2. The van der Waals surface area contributed by atoms with E-state index in [1.165, 1.54) is 4.90 Å². The molecule has 0 spiro atoms. The topological polar surface area (TPSA) is 29.3 Å². The van der Waals surface area contributed by atoms with E-state index in [4.69, 9.17) is 5.73 Å². The molecule has 0 bridgehead atoms. The largest absolute Gasteiger partial charge is 1.00 e. The van der Waals surface area contributed by atoms with Gasteiger partial charge in [-0.1, -0.05) is 6.92 Å². The van der Waals surface area contributed by atoms with Gasteiger partial charge >= 0.3 is 58.4 Å². The van der Waals surface area contributed by atoms with Crippen molar-refractivity contribution in [1.82, 2.24) is 4.90 Å². The smallest absolute Gasteiger partial charge is 0.448 e. The van der Waals surface area contributed by atoms with Crippen LogP contribution in [0.5, 0.6) is 0 Å². The van der Waals surface area contributed by atoms with Crippen molar-refractivity contribution in [2.45, 2.75) is 6.92 Å². The molecule has 2 N–H and O–H groups in total. The molecule has 0 aromatic heterocycles. The Morgan fingerprint density at radius 1 is 1.33 bits per heavy atom. The molecule has 2 nitrogen and oxygen atoms in total. The number of nitrogens with zero attached hydrogens (tertiary/aromatic N) is 1. The summed E-state index contributed by atoms with van der Waals surface area (Å²) >= 11 is 0. The Morgan fingerprint density at radius 2 is 1.83 bits per heavy atom. The Hall–Kier alpha value is 1.41. The van der Waals surface area contributed by atoms with Crippen molar-refractivity contribution in [2.75, 3.05) is 26.1 Å². The molecule has 0 aromatic carbocycles. The number of hydrogen-bond donors (Lipinski definition) is 1. The van der Waals surface area contributed by atoms with Gasteiger partial charge in [0.25, 0.3) is 0 Å². The summed E-state index contributed by atoms with van der Waals surface area (Å²) in [5.41, 5.74) is 5.12. The SMILES string of the molecule is CCN(CCN)C[B-](F)(F)F.[K+]. The van der Waals surface area contributed by atoms with Gasteiger partial charge < -0.3 is 23.6 Å². The molecule has 0 heterocycles. The normalized spacial score (nSPS) is 11.5. The van der Waals surface area contributed by atoms with Crippen LogP contribution in [0.15, 0.2) is 0 Å². The van der Waals surface area contributed by atoms with Crippen LogP contribution in [-0.4, -0.2) is 38.0 Å². The Bertz CT molecular complexity index is 111. The summed E-state index contributed by atoms with van der Waals surface area (Å²) in [5.74, 6) is 0. The molecule has 7 heteroatoms. The summed E-state index contributed by atoms with van der Waals surface area (Å²) < 4.78 is 35.4. The zero-order valence-corrected chi connectivity index (χ0v) is 10.7. The second kappa shape index (κ2) is 7.78. The minimum Gasteiger partial charge on any atom is -0.448 e. The third-order valence-corrected chi connectivity index (χ3v) is 1.36. The van der Waals surface area contributed by atoms with Gasteiger partial charge in [0, 0.05) is 13.1 Å². The maximum Gasteiger partial charge on any atom is 1.00 e. The van der Waals surface area contributed by atoms with E-state index in [1.807, 2.05) is 0 Å². The third kappa shape index (κ3) is 9.50.